The predicted octanol–water partition coefficient (Wildman–Crippen LogP) is 4.06. The minimum Gasteiger partial charge on any atom is -0.444 e. The molecule has 0 atom stereocenters. The molecule has 0 aliphatic carbocycles. The Kier molecular flexibility index (Phi) is 8.00. The molecule has 2 heterocycles. The average Bonchev–Trinajstić information content (AvgIpc) is 2.89. The minimum absolute atomic E-state index is 0.160. The molecular weight excluding hydrogens is 454 g/mol. The minimum atomic E-state index is -1.24. The molecule has 36 heavy (non-hydrogen) atoms. The number of likely N-dealkylation sites (tertiary alicyclic amines) is 1. The van der Waals surface area contributed by atoms with Gasteiger partial charge < -0.3 is 19.6 Å². The lowest BCUT2D eigenvalue weighted by Crippen LogP contribution is -2.57. The molecular formula is C29H39N3O4. The summed E-state index contributed by atoms with van der Waals surface area (Å²) < 4.78 is 5.48. The summed E-state index contributed by atoms with van der Waals surface area (Å²) in [5.41, 5.74) is -0.0915. The summed E-state index contributed by atoms with van der Waals surface area (Å²) in [5.74, 6) is 0.438. The molecule has 7 heteroatoms. The maximum Gasteiger partial charge on any atom is 0.410 e. The lowest BCUT2D eigenvalue weighted by Gasteiger charge is -2.45. The molecule has 0 unspecified atom stereocenters. The number of hydrogen-bond acceptors (Lipinski definition) is 5. The van der Waals surface area contributed by atoms with Crippen LogP contribution in [0.1, 0.15) is 51.2 Å². The molecule has 2 fully saturated rings. The van der Waals surface area contributed by atoms with Crippen LogP contribution in [-0.2, 0) is 15.3 Å². The normalized spacial score (nSPS) is 18.2. The quantitative estimate of drug-likeness (QED) is 0.680. The molecule has 2 amide bonds. The van der Waals surface area contributed by atoms with Gasteiger partial charge in [-0.2, -0.15) is 0 Å². The maximum absolute atomic E-state index is 13.1. The van der Waals surface area contributed by atoms with Crippen molar-refractivity contribution in [2.24, 2.45) is 5.92 Å². The number of hydrogen-bond donors (Lipinski definition) is 1. The first kappa shape index (κ1) is 26.2. The van der Waals surface area contributed by atoms with Gasteiger partial charge in [0.05, 0.1) is 0 Å². The Balaban J connectivity index is 1.32. The summed E-state index contributed by atoms with van der Waals surface area (Å²) in [7, 11) is 0. The Morgan fingerprint density at radius 3 is 1.78 bits per heavy atom. The molecule has 2 aliphatic rings. The number of carbonyl (C=O) groups excluding carboxylic acids is 2. The second-order valence-electron chi connectivity index (χ2n) is 10.9. The molecule has 2 aliphatic heterocycles. The number of carbonyl (C=O) groups is 2. The van der Waals surface area contributed by atoms with Crippen molar-refractivity contribution in [2.75, 3.05) is 39.3 Å². The van der Waals surface area contributed by atoms with Gasteiger partial charge in [0.2, 0.25) is 5.91 Å². The standard InChI is InChI=1S/C29H39N3O4/c1-28(2,3)36-27(34)31-16-14-23(15-17-31)22-26(33)30-18-20-32(21-19-30)29(35,24-10-6-4-7-11-24)25-12-8-5-9-13-25/h4-13,23,35H,14-22H2,1-3H3. The van der Waals surface area contributed by atoms with E-state index in [4.69, 9.17) is 4.74 Å². The van der Waals surface area contributed by atoms with Gasteiger partial charge >= 0.3 is 6.09 Å². The summed E-state index contributed by atoms with van der Waals surface area (Å²) in [6.07, 6.45) is 1.86. The van der Waals surface area contributed by atoms with Crippen LogP contribution in [0.2, 0.25) is 0 Å². The van der Waals surface area contributed by atoms with E-state index in [0.717, 1.165) is 24.0 Å². The summed E-state index contributed by atoms with van der Waals surface area (Å²) in [6.45, 7) is 9.20. The van der Waals surface area contributed by atoms with Crippen molar-refractivity contribution >= 4 is 12.0 Å². The SMILES string of the molecule is CC(C)(C)OC(=O)N1CCC(CC(=O)N2CCN(C(O)(c3ccccc3)c3ccccc3)CC2)CC1. The predicted molar refractivity (Wildman–Crippen MR) is 139 cm³/mol. The molecule has 2 aromatic rings. The third-order valence-electron chi connectivity index (χ3n) is 7.17. The Labute approximate surface area is 214 Å². The van der Waals surface area contributed by atoms with Crippen LogP contribution in [0.4, 0.5) is 4.79 Å². The lowest BCUT2D eigenvalue weighted by atomic mass is 9.91. The van der Waals surface area contributed by atoms with Crippen LogP contribution in [0.25, 0.3) is 0 Å². The van der Waals surface area contributed by atoms with Crippen LogP contribution >= 0.6 is 0 Å². The Hall–Kier alpha value is -2.90. The van der Waals surface area contributed by atoms with Crippen LogP contribution in [0, 0.1) is 5.92 Å². The van der Waals surface area contributed by atoms with Crippen LogP contribution in [-0.4, -0.2) is 76.7 Å². The Morgan fingerprint density at radius 2 is 1.31 bits per heavy atom. The van der Waals surface area contributed by atoms with Gasteiger partial charge in [0.1, 0.15) is 5.60 Å². The first-order valence-electron chi connectivity index (χ1n) is 13.0. The van der Waals surface area contributed by atoms with Crippen molar-refractivity contribution in [3.8, 4) is 0 Å². The molecule has 0 saturated carbocycles. The molecule has 0 spiro atoms. The van der Waals surface area contributed by atoms with Gasteiger partial charge in [0, 0.05) is 56.8 Å². The second-order valence-corrected chi connectivity index (χ2v) is 10.9. The number of aliphatic hydroxyl groups is 1. The van der Waals surface area contributed by atoms with E-state index in [-0.39, 0.29) is 17.9 Å². The molecule has 7 nitrogen and oxygen atoms in total. The lowest BCUT2D eigenvalue weighted by molar-refractivity contribution is -0.141. The fourth-order valence-corrected chi connectivity index (χ4v) is 5.17. The van der Waals surface area contributed by atoms with Gasteiger partial charge in [0.25, 0.3) is 0 Å². The van der Waals surface area contributed by atoms with Crippen molar-refractivity contribution in [1.82, 2.24) is 14.7 Å². The zero-order valence-corrected chi connectivity index (χ0v) is 21.7. The fourth-order valence-electron chi connectivity index (χ4n) is 5.17. The molecule has 0 bridgehead atoms. The molecule has 2 saturated heterocycles. The first-order chi connectivity index (χ1) is 17.2. The van der Waals surface area contributed by atoms with Crippen molar-refractivity contribution in [3.05, 3.63) is 71.8 Å². The van der Waals surface area contributed by atoms with E-state index in [1.54, 1.807) is 4.90 Å². The number of ether oxygens (including phenoxy) is 1. The molecule has 2 aromatic carbocycles. The third-order valence-corrected chi connectivity index (χ3v) is 7.17. The van der Waals surface area contributed by atoms with Gasteiger partial charge in [0.15, 0.2) is 5.72 Å². The Bertz CT molecular complexity index is 966. The highest BCUT2D eigenvalue weighted by molar-refractivity contribution is 5.76. The number of nitrogens with zero attached hydrogens (tertiary/aromatic N) is 3. The van der Waals surface area contributed by atoms with Crippen LogP contribution in [0.5, 0.6) is 0 Å². The van der Waals surface area contributed by atoms with E-state index in [2.05, 4.69) is 4.90 Å². The largest absolute Gasteiger partial charge is 0.444 e. The number of piperazine rings is 1. The second kappa shape index (κ2) is 11.0. The van der Waals surface area contributed by atoms with E-state index in [1.807, 2.05) is 86.3 Å². The smallest absolute Gasteiger partial charge is 0.410 e. The van der Waals surface area contributed by atoms with E-state index in [1.165, 1.54) is 0 Å². The zero-order chi connectivity index (χ0) is 25.8. The van der Waals surface area contributed by atoms with Crippen molar-refractivity contribution in [1.29, 1.82) is 0 Å². The number of benzene rings is 2. The molecule has 194 valence electrons. The summed E-state index contributed by atoms with van der Waals surface area (Å²) >= 11 is 0. The highest BCUT2D eigenvalue weighted by Crippen LogP contribution is 2.34. The average molecular weight is 494 g/mol. The Morgan fingerprint density at radius 1 is 0.806 bits per heavy atom. The van der Waals surface area contributed by atoms with Crippen LogP contribution in [0.15, 0.2) is 60.7 Å². The topological polar surface area (TPSA) is 73.3 Å². The monoisotopic (exact) mass is 493 g/mol. The van der Waals surface area contributed by atoms with E-state index >= 15 is 0 Å². The highest BCUT2D eigenvalue weighted by Gasteiger charge is 2.40. The van der Waals surface area contributed by atoms with Crippen molar-refractivity contribution < 1.29 is 19.4 Å². The van der Waals surface area contributed by atoms with E-state index in [9.17, 15) is 14.7 Å². The van der Waals surface area contributed by atoms with Crippen molar-refractivity contribution in [2.45, 2.75) is 51.4 Å². The number of rotatable bonds is 5. The van der Waals surface area contributed by atoms with Gasteiger partial charge in [-0.15, -0.1) is 0 Å². The van der Waals surface area contributed by atoms with Crippen LogP contribution in [0.3, 0.4) is 0 Å². The van der Waals surface area contributed by atoms with Crippen molar-refractivity contribution in [3.63, 3.8) is 0 Å². The van der Waals surface area contributed by atoms with Crippen LogP contribution < -0.4 is 0 Å². The number of piperidine rings is 1. The fraction of sp³-hybridized carbons (Fsp3) is 0.517. The molecule has 4 rings (SSSR count). The maximum atomic E-state index is 13.1. The van der Waals surface area contributed by atoms with Gasteiger partial charge in [-0.25, -0.2) is 4.79 Å². The molecule has 0 radical (unpaired) electrons. The first-order valence-corrected chi connectivity index (χ1v) is 13.0. The van der Waals surface area contributed by atoms with Gasteiger partial charge in [-0.3, -0.25) is 9.69 Å². The van der Waals surface area contributed by atoms with E-state index in [0.29, 0.717) is 45.7 Å². The molecule has 1 N–H and O–H groups in total. The molecule has 0 aromatic heterocycles. The highest BCUT2D eigenvalue weighted by atomic mass is 16.6. The summed E-state index contributed by atoms with van der Waals surface area (Å²) in [6, 6.07) is 19.5. The van der Waals surface area contributed by atoms with Gasteiger partial charge in [-0.1, -0.05) is 60.7 Å². The zero-order valence-electron chi connectivity index (χ0n) is 21.7. The summed E-state index contributed by atoms with van der Waals surface area (Å²) in [5, 5.41) is 12.0. The summed E-state index contributed by atoms with van der Waals surface area (Å²) in [4.78, 5) is 31.2. The van der Waals surface area contributed by atoms with Gasteiger partial charge in [-0.05, 0) is 39.5 Å². The third kappa shape index (κ3) is 6.08. The number of amides is 2. The van der Waals surface area contributed by atoms with E-state index < -0.39 is 11.3 Å².